The molecule has 1 unspecified atom stereocenters. The molecule has 1 saturated heterocycles. The average Bonchev–Trinajstić information content (AvgIpc) is 3.01. The number of nitrogens with one attached hydrogen (secondary N) is 2. The van der Waals surface area contributed by atoms with Crippen molar-refractivity contribution in [3.8, 4) is 0 Å². The topological polar surface area (TPSA) is 41.1 Å². The Labute approximate surface area is 98.4 Å². The lowest BCUT2D eigenvalue weighted by atomic mass is 9.81. The van der Waals surface area contributed by atoms with Gasteiger partial charge in [0.25, 0.3) is 0 Å². The Morgan fingerprint density at radius 2 is 2.12 bits per heavy atom. The third-order valence-electron chi connectivity index (χ3n) is 4.18. The van der Waals surface area contributed by atoms with Gasteiger partial charge in [0.1, 0.15) is 0 Å². The summed E-state index contributed by atoms with van der Waals surface area (Å²) in [6, 6.07) is 0. The van der Waals surface area contributed by atoms with Crippen LogP contribution in [-0.4, -0.2) is 24.5 Å². The second kappa shape index (κ2) is 4.02. The molecule has 1 heterocycles. The quantitative estimate of drug-likeness (QED) is 0.766. The lowest BCUT2D eigenvalue weighted by Crippen LogP contribution is -2.55. The van der Waals surface area contributed by atoms with E-state index in [0.717, 1.165) is 25.9 Å². The molecule has 3 heteroatoms. The first kappa shape index (κ1) is 11.9. The van der Waals surface area contributed by atoms with E-state index in [1.165, 1.54) is 12.8 Å². The van der Waals surface area contributed by atoms with Gasteiger partial charge in [-0.1, -0.05) is 0 Å². The first-order valence-electron chi connectivity index (χ1n) is 6.47. The molecule has 0 bridgehead atoms. The van der Waals surface area contributed by atoms with Crippen molar-refractivity contribution in [3.63, 3.8) is 0 Å². The highest BCUT2D eigenvalue weighted by molar-refractivity contribution is 5.83. The normalized spacial score (nSPS) is 31.2. The summed E-state index contributed by atoms with van der Waals surface area (Å²) in [5.41, 5.74) is -0.220. The van der Waals surface area contributed by atoms with Gasteiger partial charge >= 0.3 is 0 Å². The van der Waals surface area contributed by atoms with Gasteiger partial charge in [-0.3, -0.25) is 4.79 Å². The van der Waals surface area contributed by atoms with Gasteiger partial charge in [-0.25, -0.2) is 0 Å². The van der Waals surface area contributed by atoms with Crippen molar-refractivity contribution in [2.75, 3.05) is 13.1 Å². The van der Waals surface area contributed by atoms with Gasteiger partial charge in [0.15, 0.2) is 0 Å². The fraction of sp³-hybridized carbons (Fsp3) is 0.923. The Hall–Kier alpha value is -0.570. The minimum absolute atomic E-state index is 0.0163. The maximum Gasteiger partial charge on any atom is 0.227 e. The maximum absolute atomic E-state index is 12.3. The van der Waals surface area contributed by atoms with Crippen molar-refractivity contribution < 1.29 is 4.79 Å². The second-order valence-electron chi connectivity index (χ2n) is 6.29. The highest BCUT2D eigenvalue weighted by Crippen LogP contribution is 2.40. The molecular formula is C13H24N2O. The fourth-order valence-corrected chi connectivity index (χ4v) is 2.60. The molecule has 16 heavy (non-hydrogen) atoms. The smallest absolute Gasteiger partial charge is 0.227 e. The summed E-state index contributed by atoms with van der Waals surface area (Å²) in [4.78, 5) is 12.3. The molecule has 1 atom stereocenters. The van der Waals surface area contributed by atoms with Crippen molar-refractivity contribution in [2.45, 2.75) is 52.0 Å². The Balaban J connectivity index is 1.95. The molecule has 2 aliphatic rings. The van der Waals surface area contributed by atoms with Crippen molar-refractivity contribution >= 4 is 5.91 Å². The summed E-state index contributed by atoms with van der Waals surface area (Å²) in [7, 11) is 0. The molecule has 2 rings (SSSR count). The highest BCUT2D eigenvalue weighted by atomic mass is 16.2. The summed E-state index contributed by atoms with van der Waals surface area (Å²) in [5, 5.41) is 6.58. The molecule has 1 aliphatic carbocycles. The first-order chi connectivity index (χ1) is 7.44. The van der Waals surface area contributed by atoms with E-state index in [2.05, 4.69) is 31.4 Å². The second-order valence-corrected chi connectivity index (χ2v) is 6.29. The molecule has 0 aromatic heterocycles. The molecule has 2 N–H and O–H groups in total. The lowest BCUT2D eigenvalue weighted by Gasteiger charge is -2.37. The van der Waals surface area contributed by atoms with E-state index >= 15 is 0 Å². The Bertz CT molecular complexity index is 276. The standard InChI is InChI=1S/C13H24N2O/c1-12(2,10-5-6-10)15-11(16)13(3)7-4-8-14-9-13/h10,14H,4-9H2,1-3H3,(H,15,16). The monoisotopic (exact) mass is 224 g/mol. The van der Waals surface area contributed by atoms with Crippen LogP contribution in [0.25, 0.3) is 0 Å². The van der Waals surface area contributed by atoms with Crippen LogP contribution in [-0.2, 0) is 4.79 Å². The number of carbonyl (C=O) groups excluding carboxylic acids is 1. The zero-order valence-corrected chi connectivity index (χ0v) is 10.7. The van der Waals surface area contributed by atoms with E-state index in [1.807, 2.05) is 0 Å². The van der Waals surface area contributed by atoms with E-state index in [0.29, 0.717) is 5.92 Å². The summed E-state index contributed by atoms with van der Waals surface area (Å²) >= 11 is 0. The van der Waals surface area contributed by atoms with Crippen LogP contribution in [0.5, 0.6) is 0 Å². The van der Waals surface area contributed by atoms with Gasteiger partial charge in [0.05, 0.1) is 5.41 Å². The summed E-state index contributed by atoms with van der Waals surface area (Å²) < 4.78 is 0. The number of carbonyl (C=O) groups is 1. The SMILES string of the molecule is CC1(C(=O)NC(C)(C)C2CC2)CCCNC1. The van der Waals surface area contributed by atoms with E-state index in [9.17, 15) is 4.79 Å². The van der Waals surface area contributed by atoms with Gasteiger partial charge < -0.3 is 10.6 Å². The van der Waals surface area contributed by atoms with E-state index in [-0.39, 0.29) is 16.9 Å². The minimum atomic E-state index is -0.204. The number of rotatable bonds is 3. The van der Waals surface area contributed by atoms with Gasteiger partial charge in [0, 0.05) is 12.1 Å². The highest BCUT2D eigenvalue weighted by Gasteiger charge is 2.42. The van der Waals surface area contributed by atoms with Crippen LogP contribution in [0, 0.1) is 11.3 Å². The number of hydrogen-bond acceptors (Lipinski definition) is 2. The Kier molecular flexibility index (Phi) is 2.99. The third kappa shape index (κ3) is 2.40. The van der Waals surface area contributed by atoms with Crippen LogP contribution in [0.2, 0.25) is 0 Å². The van der Waals surface area contributed by atoms with E-state index in [4.69, 9.17) is 0 Å². The van der Waals surface area contributed by atoms with Gasteiger partial charge in [-0.05, 0) is 58.9 Å². The maximum atomic E-state index is 12.3. The third-order valence-corrected chi connectivity index (χ3v) is 4.18. The van der Waals surface area contributed by atoms with Crippen LogP contribution in [0.1, 0.15) is 46.5 Å². The molecule has 1 aliphatic heterocycles. The zero-order chi connectivity index (χ0) is 11.8. The van der Waals surface area contributed by atoms with Crippen LogP contribution in [0.4, 0.5) is 0 Å². The molecule has 1 saturated carbocycles. The van der Waals surface area contributed by atoms with Crippen molar-refractivity contribution in [3.05, 3.63) is 0 Å². The molecule has 0 aromatic carbocycles. The zero-order valence-electron chi connectivity index (χ0n) is 10.7. The van der Waals surface area contributed by atoms with Crippen molar-refractivity contribution in [1.29, 1.82) is 0 Å². The molecular weight excluding hydrogens is 200 g/mol. The minimum Gasteiger partial charge on any atom is -0.350 e. The van der Waals surface area contributed by atoms with Gasteiger partial charge in [-0.15, -0.1) is 0 Å². The lowest BCUT2D eigenvalue weighted by molar-refractivity contribution is -0.133. The predicted molar refractivity (Wildman–Crippen MR) is 65.2 cm³/mol. The van der Waals surface area contributed by atoms with Crippen LogP contribution in [0.15, 0.2) is 0 Å². The summed E-state index contributed by atoms with van der Waals surface area (Å²) in [6.07, 6.45) is 4.64. The largest absolute Gasteiger partial charge is 0.350 e. The van der Waals surface area contributed by atoms with Crippen molar-refractivity contribution in [2.24, 2.45) is 11.3 Å². The number of hydrogen-bond donors (Lipinski definition) is 2. The Morgan fingerprint density at radius 1 is 1.44 bits per heavy atom. The Morgan fingerprint density at radius 3 is 2.62 bits per heavy atom. The van der Waals surface area contributed by atoms with E-state index in [1.54, 1.807) is 0 Å². The summed E-state index contributed by atoms with van der Waals surface area (Å²) in [5.74, 6) is 0.924. The van der Waals surface area contributed by atoms with Gasteiger partial charge in [-0.2, -0.15) is 0 Å². The number of piperidine rings is 1. The molecule has 3 nitrogen and oxygen atoms in total. The molecule has 1 amide bonds. The van der Waals surface area contributed by atoms with Crippen LogP contribution >= 0.6 is 0 Å². The summed E-state index contributed by atoms with van der Waals surface area (Å²) in [6.45, 7) is 8.26. The molecule has 0 radical (unpaired) electrons. The fourth-order valence-electron chi connectivity index (χ4n) is 2.60. The molecule has 0 spiro atoms. The average molecular weight is 224 g/mol. The molecule has 2 fully saturated rings. The van der Waals surface area contributed by atoms with Gasteiger partial charge in [0.2, 0.25) is 5.91 Å². The van der Waals surface area contributed by atoms with E-state index < -0.39 is 0 Å². The predicted octanol–water partition coefficient (Wildman–Crippen LogP) is 1.68. The van der Waals surface area contributed by atoms with Crippen molar-refractivity contribution in [1.82, 2.24) is 10.6 Å². The molecule has 0 aromatic rings. The molecule has 92 valence electrons. The first-order valence-corrected chi connectivity index (χ1v) is 6.47. The van der Waals surface area contributed by atoms with Crippen LogP contribution in [0.3, 0.4) is 0 Å². The van der Waals surface area contributed by atoms with Crippen LogP contribution < -0.4 is 10.6 Å². The number of amides is 1.